The van der Waals surface area contributed by atoms with Gasteiger partial charge in [0.2, 0.25) is 0 Å². The Morgan fingerprint density at radius 3 is 2.44 bits per heavy atom. The van der Waals surface area contributed by atoms with Crippen LogP contribution in [0.4, 0.5) is 13.2 Å². The molecule has 16 heavy (non-hydrogen) atoms. The molecule has 1 aliphatic rings. The maximum atomic E-state index is 12.4. The monoisotopic (exact) mass is 233 g/mol. The summed E-state index contributed by atoms with van der Waals surface area (Å²) in [6.07, 6.45) is -5.36. The zero-order chi connectivity index (χ0) is 11.8. The lowest BCUT2D eigenvalue weighted by Gasteiger charge is -2.22. The zero-order valence-corrected chi connectivity index (χ0v) is 8.16. The Morgan fingerprint density at radius 1 is 1.31 bits per heavy atom. The minimum atomic E-state index is -4.80. The summed E-state index contributed by atoms with van der Waals surface area (Å²) in [5.41, 5.74) is 2.84. The standard InChI is InChI=1S/C10H10F3NO2/c11-10(12,13)9(15)6-8(14-16-9)7-4-2-1-3-5-7/h1-5,8,14-15H,6H2/t8-,9-/m0/s1. The van der Waals surface area contributed by atoms with E-state index in [-0.39, 0.29) is 0 Å². The Labute approximate surface area is 89.8 Å². The smallest absolute Gasteiger partial charge is 0.357 e. The molecule has 0 aromatic heterocycles. The van der Waals surface area contributed by atoms with E-state index >= 15 is 0 Å². The number of nitrogens with one attached hydrogen (secondary N) is 1. The number of hydroxylamine groups is 1. The summed E-state index contributed by atoms with van der Waals surface area (Å²) in [4.78, 5) is 4.25. The molecule has 0 radical (unpaired) electrons. The molecular formula is C10H10F3NO2. The number of aliphatic hydroxyl groups is 1. The molecule has 2 N–H and O–H groups in total. The fourth-order valence-corrected chi connectivity index (χ4v) is 1.57. The molecule has 88 valence electrons. The van der Waals surface area contributed by atoms with E-state index in [9.17, 15) is 18.3 Å². The van der Waals surface area contributed by atoms with E-state index in [1.807, 2.05) is 0 Å². The van der Waals surface area contributed by atoms with Crippen LogP contribution in [0.5, 0.6) is 0 Å². The van der Waals surface area contributed by atoms with E-state index < -0.39 is 24.4 Å². The van der Waals surface area contributed by atoms with Gasteiger partial charge in [0.05, 0.1) is 6.04 Å². The molecule has 1 saturated heterocycles. The minimum Gasteiger partial charge on any atom is -0.357 e. The molecule has 0 bridgehead atoms. The number of halogens is 3. The van der Waals surface area contributed by atoms with E-state index in [0.717, 1.165) is 0 Å². The summed E-state index contributed by atoms with van der Waals surface area (Å²) in [7, 11) is 0. The van der Waals surface area contributed by atoms with Gasteiger partial charge in [-0.25, -0.2) is 0 Å². The molecule has 3 nitrogen and oxygen atoms in total. The first-order chi connectivity index (χ1) is 7.42. The largest absolute Gasteiger partial charge is 0.444 e. The van der Waals surface area contributed by atoms with Gasteiger partial charge in [-0.3, -0.25) is 4.84 Å². The average molecular weight is 233 g/mol. The Morgan fingerprint density at radius 2 is 1.94 bits per heavy atom. The van der Waals surface area contributed by atoms with Crippen molar-refractivity contribution in [3.8, 4) is 0 Å². The van der Waals surface area contributed by atoms with Crippen molar-refractivity contribution >= 4 is 0 Å². The van der Waals surface area contributed by atoms with Crippen LogP contribution in [0.25, 0.3) is 0 Å². The molecule has 1 aromatic rings. The second kappa shape index (κ2) is 3.73. The quantitative estimate of drug-likeness (QED) is 0.778. The first-order valence-corrected chi connectivity index (χ1v) is 4.70. The lowest BCUT2D eigenvalue weighted by molar-refractivity contribution is -0.361. The third-order valence-electron chi connectivity index (χ3n) is 2.50. The molecule has 0 aliphatic carbocycles. The number of hydrogen-bond acceptors (Lipinski definition) is 3. The first-order valence-electron chi connectivity index (χ1n) is 4.70. The summed E-state index contributed by atoms with van der Waals surface area (Å²) >= 11 is 0. The van der Waals surface area contributed by atoms with Crippen LogP contribution < -0.4 is 5.48 Å². The first kappa shape index (κ1) is 11.4. The normalized spacial score (nSPS) is 30.6. The van der Waals surface area contributed by atoms with Gasteiger partial charge in [-0.1, -0.05) is 30.3 Å². The van der Waals surface area contributed by atoms with Crippen molar-refractivity contribution in [2.45, 2.75) is 24.4 Å². The molecule has 0 unspecified atom stereocenters. The molecule has 6 heteroatoms. The van der Waals surface area contributed by atoms with Crippen LogP contribution in [0.15, 0.2) is 30.3 Å². The number of benzene rings is 1. The highest BCUT2D eigenvalue weighted by molar-refractivity contribution is 5.19. The van der Waals surface area contributed by atoms with Crippen LogP contribution >= 0.6 is 0 Å². The van der Waals surface area contributed by atoms with Gasteiger partial charge in [-0.05, 0) is 5.56 Å². The van der Waals surface area contributed by atoms with Gasteiger partial charge in [-0.15, -0.1) is 0 Å². The maximum absolute atomic E-state index is 12.4. The molecule has 1 fully saturated rings. The van der Waals surface area contributed by atoms with Gasteiger partial charge in [0.25, 0.3) is 5.79 Å². The number of alkyl halides is 3. The highest BCUT2D eigenvalue weighted by Gasteiger charge is 2.60. The van der Waals surface area contributed by atoms with Gasteiger partial charge in [0, 0.05) is 6.42 Å². The Balaban J connectivity index is 2.15. The molecule has 2 atom stereocenters. The van der Waals surface area contributed by atoms with Crippen molar-refractivity contribution < 1.29 is 23.1 Å². The predicted octanol–water partition coefficient (Wildman–Crippen LogP) is 1.90. The third kappa shape index (κ3) is 1.91. The fraction of sp³-hybridized carbons (Fsp3) is 0.400. The highest BCUT2D eigenvalue weighted by Crippen LogP contribution is 2.41. The molecule has 0 amide bonds. The molecule has 0 saturated carbocycles. The highest BCUT2D eigenvalue weighted by atomic mass is 19.4. The molecule has 1 aliphatic heterocycles. The van der Waals surface area contributed by atoms with E-state index in [1.165, 1.54) is 0 Å². The van der Waals surface area contributed by atoms with Crippen LogP contribution in [-0.2, 0) is 4.84 Å². The topological polar surface area (TPSA) is 41.5 Å². The molecule has 1 aromatic carbocycles. The summed E-state index contributed by atoms with van der Waals surface area (Å²) < 4.78 is 37.3. The van der Waals surface area contributed by atoms with Crippen molar-refractivity contribution in [3.63, 3.8) is 0 Å². The summed E-state index contributed by atoms with van der Waals surface area (Å²) in [5.74, 6) is -3.10. The van der Waals surface area contributed by atoms with E-state index in [0.29, 0.717) is 5.56 Å². The lowest BCUT2D eigenvalue weighted by Crippen LogP contribution is -2.45. The van der Waals surface area contributed by atoms with Gasteiger partial charge >= 0.3 is 6.18 Å². The SMILES string of the molecule is O[C@@]1(C(F)(F)F)C[C@@H](c2ccccc2)NO1. The van der Waals surface area contributed by atoms with Crippen LogP contribution in [0.2, 0.25) is 0 Å². The Kier molecular flexibility index (Phi) is 2.65. The van der Waals surface area contributed by atoms with Gasteiger partial charge in [-0.2, -0.15) is 18.7 Å². The maximum Gasteiger partial charge on any atom is 0.444 e. The van der Waals surface area contributed by atoms with E-state index in [4.69, 9.17) is 0 Å². The lowest BCUT2D eigenvalue weighted by atomic mass is 10.0. The van der Waals surface area contributed by atoms with Crippen molar-refractivity contribution in [1.29, 1.82) is 0 Å². The number of hydrogen-bond donors (Lipinski definition) is 2. The fourth-order valence-electron chi connectivity index (χ4n) is 1.57. The zero-order valence-electron chi connectivity index (χ0n) is 8.16. The van der Waals surface area contributed by atoms with E-state index in [1.54, 1.807) is 30.3 Å². The summed E-state index contributed by atoms with van der Waals surface area (Å²) in [5, 5.41) is 9.25. The van der Waals surface area contributed by atoms with Crippen molar-refractivity contribution in [2.75, 3.05) is 0 Å². The van der Waals surface area contributed by atoms with Crippen molar-refractivity contribution in [3.05, 3.63) is 35.9 Å². The molecule has 2 rings (SSSR count). The second-order valence-electron chi connectivity index (χ2n) is 3.67. The van der Waals surface area contributed by atoms with Crippen LogP contribution in [0.3, 0.4) is 0 Å². The minimum absolute atomic E-state index is 0.555. The van der Waals surface area contributed by atoms with Gasteiger partial charge in [0.15, 0.2) is 0 Å². The Bertz CT molecular complexity index is 368. The van der Waals surface area contributed by atoms with Crippen molar-refractivity contribution in [1.82, 2.24) is 5.48 Å². The third-order valence-corrected chi connectivity index (χ3v) is 2.50. The van der Waals surface area contributed by atoms with Gasteiger partial charge in [0.1, 0.15) is 0 Å². The Hall–Kier alpha value is -1.11. The summed E-state index contributed by atoms with van der Waals surface area (Å²) in [6, 6.07) is 7.86. The van der Waals surface area contributed by atoms with Crippen LogP contribution in [-0.4, -0.2) is 17.1 Å². The predicted molar refractivity (Wildman–Crippen MR) is 49.0 cm³/mol. The van der Waals surface area contributed by atoms with Gasteiger partial charge < -0.3 is 5.11 Å². The van der Waals surface area contributed by atoms with E-state index in [2.05, 4.69) is 10.3 Å². The molecular weight excluding hydrogens is 223 g/mol. The van der Waals surface area contributed by atoms with Crippen LogP contribution in [0, 0.1) is 0 Å². The average Bonchev–Trinajstić information content (AvgIpc) is 2.63. The van der Waals surface area contributed by atoms with Crippen molar-refractivity contribution in [2.24, 2.45) is 0 Å². The molecule has 0 spiro atoms. The molecule has 1 heterocycles. The van der Waals surface area contributed by atoms with Crippen LogP contribution in [0.1, 0.15) is 18.0 Å². The second-order valence-corrected chi connectivity index (χ2v) is 3.67. The number of rotatable bonds is 1. The summed E-state index contributed by atoms with van der Waals surface area (Å²) in [6.45, 7) is 0.